The lowest BCUT2D eigenvalue weighted by Crippen LogP contribution is -1.97. The molecule has 0 aliphatic carbocycles. The van der Waals surface area contributed by atoms with Gasteiger partial charge in [0.05, 0.1) is 14.2 Å². The van der Waals surface area contributed by atoms with Crippen LogP contribution in [0.5, 0.6) is 11.5 Å². The highest BCUT2D eigenvalue weighted by Crippen LogP contribution is 2.30. The van der Waals surface area contributed by atoms with Crippen molar-refractivity contribution in [1.82, 2.24) is 0 Å². The smallest absolute Gasteiger partial charge is 0.161 e. The maximum absolute atomic E-state index is 10.9. The molecule has 0 aliphatic heterocycles. The van der Waals surface area contributed by atoms with E-state index in [1.165, 1.54) is 7.11 Å². The van der Waals surface area contributed by atoms with Crippen molar-refractivity contribution in [3.63, 3.8) is 0 Å². The number of methoxy groups -OCH3 is 2. The Morgan fingerprint density at radius 2 is 1.88 bits per heavy atom. The van der Waals surface area contributed by atoms with Crippen molar-refractivity contribution in [3.05, 3.63) is 23.3 Å². The van der Waals surface area contributed by atoms with Crippen LogP contribution in [0.15, 0.2) is 12.1 Å². The minimum atomic E-state index is 0.533. The molecule has 0 spiro atoms. The van der Waals surface area contributed by atoms with Gasteiger partial charge in [-0.2, -0.15) is 0 Å². The van der Waals surface area contributed by atoms with E-state index in [9.17, 15) is 4.79 Å². The number of hydrogen-bond acceptors (Lipinski definition) is 3. The van der Waals surface area contributed by atoms with Crippen LogP contribution in [0.1, 0.15) is 22.8 Å². The van der Waals surface area contributed by atoms with Crippen molar-refractivity contribution >= 4 is 6.29 Å². The molecule has 0 aromatic heterocycles. The Balaban J connectivity index is 3.23. The van der Waals surface area contributed by atoms with Gasteiger partial charge < -0.3 is 9.47 Å². The Kier molecular flexibility index (Phi) is 4.41. The molecule has 0 amide bonds. The predicted molar refractivity (Wildman–Crippen MR) is 62.1 cm³/mol. The van der Waals surface area contributed by atoms with Gasteiger partial charge in [-0.05, 0) is 24.6 Å². The van der Waals surface area contributed by atoms with E-state index in [1.807, 2.05) is 0 Å². The quantitative estimate of drug-likeness (QED) is 0.573. The first-order valence-corrected chi connectivity index (χ1v) is 4.86. The molecule has 0 bridgehead atoms. The Morgan fingerprint density at radius 3 is 2.38 bits per heavy atom. The first-order valence-electron chi connectivity index (χ1n) is 4.86. The van der Waals surface area contributed by atoms with Crippen molar-refractivity contribution in [2.45, 2.75) is 13.3 Å². The molecule has 0 fully saturated rings. The van der Waals surface area contributed by atoms with Crippen LogP contribution in [0.4, 0.5) is 0 Å². The molecule has 0 aliphatic rings. The summed E-state index contributed by atoms with van der Waals surface area (Å²) in [7, 11) is 3.10. The van der Waals surface area contributed by atoms with Crippen LogP contribution in [0.25, 0.3) is 0 Å². The lowest BCUT2D eigenvalue weighted by molar-refractivity contribution is 0.112. The van der Waals surface area contributed by atoms with Crippen LogP contribution in [-0.2, 0) is 6.42 Å². The van der Waals surface area contributed by atoms with Gasteiger partial charge in [-0.15, -0.1) is 5.92 Å². The Bertz CT molecular complexity index is 438. The molecule has 1 aromatic rings. The maximum Gasteiger partial charge on any atom is 0.161 e. The summed E-state index contributed by atoms with van der Waals surface area (Å²) < 4.78 is 10.3. The highest BCUT2D eigenvalue weighted by molar-refractivity contribution is 5.79. The summed E-state index contributed by atoms with van der Waals surface area (Å²) in [6, 6.07) is 3.45. The molecule has 3 heteroatoms. The fourth-order valence-corrected chi connectivity index (χ4v) is 1.38. The first kappa shape index (κ1) is 12.1. The molecule has 0 atom stereocenters. The SMILES string of the molecule is CC#CCc1cc(OC)c(OC)cc1C=O. The van der Waals surface area contributed by atoms with Gasteiger partial charge in [0.2, 0.25) is 0 Å². The molecule has 3 nitrogen and oxygen atoms in total. The van der Waals surface area contributed by atoms with Crippen molar-refractivity contribution in [3.8, 4) is 23.3 Å². The fraction of sp³-hybridized carbons (Fsp3) is 0.308. The summed E-state index contributed by atoms with van der Waals surface area (Å²) >= 11 is 0. The Hall–Kier alpha value is -1.95. The van der Waals surface area contributed by atoms with Gasteiger partial charge in [0, 0.05) is 12.0 Å². The highest BCUT2D eigenvalue weighted by atomic mass is 16.5. The van der Waals surface area contributed by atoms with Crippen LogP contribution in [0.3, 0.4) is 0 Å². The number of rotatable bonds is 4. The molecule has 0 N–H and O–H groups in total. The Labute approximate surface area is 95.4 Å². The monoisotopic (exact) mass is 218 g/mol. The van der Waals surface area contributed by atoms with Crippen LogP contribution in [-0.4, -0.2) is 20.5 Å². The predicted octanol–water partition coefficient (Wildman–Crippen LogP) is 2.08. The molecule has 84 valence electrons. The van der Waals surface area contributed by atoms with Crippen molar-refractivity contribution in [2.75, 3.05) is 14.2 Å². The summed E-state index contributed by atoms with van der Waals surface area (Å²) in [4.78, 5) is 10.9. The van der Waals surface area contributed by atoms with Gasteiger partial charge in [0.25, 0.3) is 0 Å². The number of benzene rings is 1. The zero-order valence-electron chi connectivity index (χ0n) is 9.66. The normalized spacial score (nSPS) is 8.94. The van der Waals surface area contributed by atoms with E-state index >= 15 is 0 Å². The van der Waals surface area contributed by atoms with E-state index in [-0.39, 0.29) is 0 Å². The Morgan fingerprint density at radius 1 is 1.25 bits per heavy atom. The molecular weight excluding hydrogens is 204 g/mol. The number of aldehydes is 1. The number of carbonyl (C=O) groups is 1. The summed E-state index contributed by atoms with van der Waals surface area (Å²) in [5, 5.41) is 0. The summed E-state index contributed by atoms with van der Waals surface area (Å²) in [5.41, 5.74) is 1.43. The van der Waals surface area contributed by atoms with Crippen LogP contribution in [0.2, 0.25) is 0 Å². The van der Waals surface area contributed by atoms with Crippen LogP contribution >= 0.6 is 0 Å². The number of carbonyl (C=O) groups excluding carboxylic acids is 1. The van der Waals surface area contributed by atoms with Gasteiger partial charge in [0.15, 0.2) is 17.8 Å². The average Bonchev–Trinajstić information content (AvgIpc) is 2.35. The third-order valence-electron chi connectivity index (χ3n) is 2.23. The van der Waals surface area contributed by atoms with E-state index in [1.54, 1.807) is 26.2 Å². The van der Waals surface area contributed by atoms with E-state index in [0.717, 1.165) is 11.8 Å². The summed E-state index contributed by atoms with van der Waals surface area (Å²) in [5.74, 6) is 6.88. The standard InChI is InChI=1S/C13H14O3/c1-4-5-6-10-7-12(15-2)13(16-3)8-11(10)9-14/h7-9H,6H2,1-3H3. The summed E-state index contributed by atoms with van der Waals surface area (Å²) in [6.45, 7) is 1.77. The minimum absolute atomic E-state index is 0.533. The molecule has 0 saturated heterocycles. The molecule has 0 saturated carbocycles. The van der Waals surface area contributed by atoms with E-state index in [2.05, 4.69) is 11.8 Å². The van der Waals surface area contributed by atoms with Gasteiger partial charge >= 0.3 is 0 Å². The topological polar surface area (TPSA) is 35.5 Å². The molecule has 0 heterocycles. The second-order valence-corrected chi connectivity index (χ2v) is 3.13. The largest absolute Gasteiger partial charge is 0.493 e. The van der Waals surface area contributed by atoms with Gasteiger partial charge in [0.1, 0.15) is 0 Å². The van der Waals surface area contributed by atoms with Crippen LogP contribution < -0.4 is 9.47 Å². The molecule has 0 unspecified atom stereocenters. The zero-order chi connectivity index (χ0) is 12.0. The van der Waals surface area contributed by atoms with Crippen molar-refractivity contribution < 1.29 is 14.3 Å². The van der Waals surface area contributed by atoms with Gasteiger partial charge in [-0.25, -0.2) is 0 Å². The third-order valence-corrected chi connectivity index (χ3v) is 2.23. The first-order chi connectivity index (χ1) is 7.76. The molecule has 16 heavy (non-hydrogen) atoms. The van der Waals surface area contributed by atoms with E-state index in [4.69, 9.17) is 9.47 Å². The molecule has 1 aromatic carbocycles. The highest BCUT2D eigenvalue weighted by Gasteiger charge is 2.09. The third kappa shape index (κ3) is 2.54. The van der Waals surface area contributed by atoms with E-state index < -0.39 is 0 Å². The lowest BCUT2D eigenvalue weighted by Gasteiger charge is -2.10. The average molecular weight is 218 g/mol. The van der Waals surface area contributed by atoms with Gasteiger partial charge in [-0.1, -0.05) is 5.92 Å². The zero-order valence-corrected chi connectivity index (χ0v) is 9.66. The molecular formula is C13H14O3. The second kappa shape index (κ2) is 5.82. The molecule has 1 rings (SSSR count). The van der Waals surface area contributed by atoms with Gasteiger partial charge in [-0.3, -0.25) is 4.79 Å². The fourth-order valence-electron chi connectivity index (χ4n) is 1.38. The molecule has 0 radical (unpaired) electrons. The second-order valence-electron chi connectivity index (χ2n) is 3.13. The maximum atomic E-state index is 10.9. The van der Waals surface area contributed by atoms with Crippen LogP contribution in [0, 0.1) is 11.8 Å². The van der Waals surface area contributed by atoms with Crippen molar-refractivity contribution in [1.29, 1.82) is 0 Å². The van der Waals surface area contributed by atoms with E-state index in [0.29, 0.717) is 23.5 Å². The van der Waals surface area contributed by atoms with Crippen molar-refractivity contribution in [2.24, 2.45) is 0 Å². The summed E-state index contributed by atoms with van der Waals surface area (Å²) in [6.07, 6.45) is 1.33. The minimum Gasteiger partial charge on any atom is -0.493 e. The number of ether oxygens (including phenoxy) is 2. The number of hydrogen-bond donors (Lipinski definition) is 0. The lowest BCUT2D eigenvalue weighted by atomic mass is 10.0.